The Bertz CT molecular complexity index is 693. The van der Waals surface area contributed by atoms with Gasteiger partial charge in [0.25, 0.3) is 0 Å². The number of ether oxygens (including phenoxy) is 2. The van der Waals surface area contributed by atoms with Crippen LogP contribution in [-0.4, -0.2) is 73.5 Å². The Morgan fingerprint density at radius 2 is 1.61 bits per heavy atom. The summed E-state index contributed by atoms with van der Waals surface area (Å²) in [6.45, 7) is 6.28. The van der Waals surface area contributed by atoms with Crippen molar-refractivity contribution in [2.24, 2.45) is 0 Å². The Kier molecular flexibility index (Phi) is 8.23. The molecule has 1 unspecified atom stereocenters. The first-order valence-electron chi connectivity index (χ1n) is 9.82. The van der Waals surface area contributed by atoms with E-state index in [4.69, 9.17) is 9.47 Å². The van der Waals surface area contributed by atoms with Crippen molar-refractivity contribution in [3.63, 3.8) is 0 Å². The molecule has 1 saturated heterocycles. The van der Waals surface area contributed by atoms with Crippen molar-refractivity contribution in [3.05, 3.63) is 66.0 Å². The maximum absolute atomic E-state index is 13.5. The highest BCUT2D eigenvalue weighted by molar-refractivity contribution is 5.20. The molecule has 0 bridgehead atoms. The van der Waals surface area contributed by atoms with E-state index < -0.39 is 6.10 Å². The number of hydrogen-bond donors (Lipinski definition) is 1. The quantitative estimate of drug-likeness (QED) is 0.677. The van der Waals surface area contributed by atoms with Gasteiger partial charge in [0.1, 0.15) is 18.2 Å². The second-order valence-electron chi connectivity index (χ2n) is 7.06. The van der Waals surface area contributed by atoms with E-state index >= 15 is 0 Å². The summed E-state index contributed by atoms with van der Waals surface area (Å²) in [6.07, 6.45) is -0.570. The highest BCUT2D eigenvalue weighted by Crippen LogP contribution is 2.10. The first-order valence-corrected chi connectivity index (χ1v) is 9.82. The van der Waals surface area contributed by atoms with Crippen molar-refractivity contribution in [2.75, 3.05) is 52.5 Å². The number of aliphatic hydroxyl groups excluding tert-OH is 1. The summed E-state index contributed by atoms with van der Waals surface area (Å²) in [4.78, 5) is 4.62. The van der Waals surface area contributed by atoms with E-state index in [1.165, 1.54) is 6.07 Å². The van der Waals surface area contributed by atoms with E-state index in [9.17, 15) is 9.50 Å². The van der Waals surface area contributed by atoms with Crippen LogP contribution in [0.15, 0.2) is 54.6 Å². The molecule has 1 N–H and O–H groups in total. The van der Waals surface area contributed by atoms with Gasteiger partial charge in [-0.05, 0) is 18.2 Å². The van der Waals surface area contributed by atoms with Crippen LogP contribution in [0.3, 0.4) is 0 Å². The second-order valence-corrected chi connectivity index (χ2v) is 7.06. The van der Waals surface area contributed by atoms with E-state index in [2.05, 4.69) is 9.80 Å². The maximum Gasteiger partial charge on any atom is 0.128 e. The van der Waals surface area contributed by atoms with Gasteiger partial charge in [0.05, 0.1) is 19.3 Å². The lowest BCUT2D eigenvalue weighted by molar-refractivity contribution is 0.000122. The largest absolute Gasteiger partial charge is 0.492 e. The molecule has 1 aliphatic rings. The lowest BCUT2D eigenvalue weighted by Crippen LogP contribution is -2.49. The molecule has 152 valence electrons. The normalized spacial score (nSPS) is 16.8. The Hall–Kier alpha value is -1.99. The molecular formula is C22H29FN2O3. The van der Waals surface area contributed by atoms with Crippen LogP contribution in [0.25, 0.3) is 0 Å². The molecule has 0 spiro atoms. The molecule has 5 nitrogen and oxygen atoms in total. The van der Waals surface area contributed by atoms with E-state index in [1.54, 1.807) is 18.2 Å². The van der Waals surface area contributed by atoms with Crippen LogP contribution >= 0.6 is 0 Å². The van der Waals surface area contributed by atoms with Crippen molar-refractivity contribution >= 4 is 0 Å². The summed E-state index contributed by atoms with van der Waals surface area (Å²) in [6, 6.07) is 16.4. The molecular weight excluding hydrogens is 359 g/mol. The second kappa shape index (κ2) is 11.1. The van der Waals surface area contributed by atoms with Gasteiger partial charge >= 0.3 is 0 Å². The molecule has 3 rings (SSSR count). The molecule has 1 atom stereocenters. The van der Waals surface area contributed by atoms with Gasteiger partial charge in [-0.1, -0.05) is 36.4 Å². The fraction of sp³-hybridized carbons (Fsp3) is 0.455. The van der Waals surface area contributed by atoms with Crippen LogP contribution in [0, 0.1) is 5.82 Å². The van der Waals surface area contributed by atoms with E-state index in [1.807, 2.05) is 30.3 Å². The van der Waals surface area contributed by atoms with E-state index in [0.29, 0.717) is 18.7 Å². The number of β-amino-alcohol motifs (C(OH)–C–C–N with tert-alkyl or cyclic N) is 1. The average Bonchev–Trinajstić information content (AvgIpc) is 2.72. The van der Waals surface area contributed by atoms with Crippen molar-refractivity contribution < 1.29 is 19.0 Å². The van der Waals surface area contributed by atoms with Gasteiger partial charge in [0.15, 0.2) is 0 Å². The zero-order chi connectivity index (χ0) is 19.6. The topological polar surface area (TPSA) is 45.2 Å². The maximum atomic E-state index is 13.5. The van der Waals surface area contributed by atoms with Crippen LogP contribution in [0.2, 0.25) is 0 Å². The van der Waals surface area contributed by atoms with Crippen molar-refractivity contribution in [1.29, 1.82) is 0 Å². The molecule has 1 heterocycles. The zero-order valence-electron chi connectivity index (χ0n) is 16.2. The summed E-state index contributed by atoms with van der Waals surface area (Å²) >= 11 is 0. The van der Waals surface area contributed by atoms with Gasteiger partial charge in [-0.3, -0.25) is 9.80 Å². The fourth-order valence-corrected chi connectivity index (χ4v) is 3.28. The molecule has 2 aromatic carbocycles. The van der Waals surface area contributed by atoms with Crippen molar-refractivity contribution in [1.82, 2.24) is 9.80 Å². The van der Waals surface area contributed by atoms with E-state index in [-0.39, 0.29) is 19.0 Å². The summed E-state index contributed by atoms with van der Waals surface area (Å²) in [5, 5.41) is 10.2. The minimum atomic E-state index is -0.570. The Labute approximate surface area is 166 Å². The van der Waals surface area contributed by atoms with Crippen molar-refractivity contribution in [2.45, 2.75) is 12.7 Å². The molecule has 0 saturated carbocycles. The lowest BCUT2D eigenvalue weighted by Gasteiger charge is -2.35. The molecule has 0 aromatic heterocycles. The number of benzene rings is 2. The highest BCUT2D eigenvalue weighted by Gasteiger charge is 2.19. The molecule has 1 aliphatic heterocycles. The summed E-state index contributed by atoms with van der Waals surface area (Å²) in [5.41, 5.74) is 0.515. The Morgan fingerprint density at radius 1 is 0.929 bits per heavy atom. The molecule has 28 heavy (non-hydrogen) atoms. The summed E-state index contributed by atoms with van der Waals surface area (Å²) in [7, 11) is 0. The molecule has 0 aliphatic carbocycles. The third-order valence-corrected chi connectivity index (χ3v) is 4.88. The van der Waals surface area contributed by atoms with Gasteiger partial charge < -0.3 is 14.6 Å². The number of para-hydroxylation sites is 1. The number of piperazine rings is 1. The number of halogens is 1. The average molecular weight is 388 g/mol. The standard InChI is InChI=1S/C22H29FN2O3/c23-22-9-5-4-6-19(22)17-27-18-20(26)16-25-12-10-24(11-13-25)14-15-28-21-7-2-1-3-8-21/h1-9,20,26H,10-18H2. The Balaban J connectivity index is 1.27. The smallest absolute Gasteiger partial charge is 0.128 e. The van der Waals surface area contributed by atoms with Crippen LogP contribution in [-0.2, 0) is 11.3 Å². The SMILES string of the molecule is OC(COCc1ccccc1F)CN1CCN(CCOc2ccccc2)CC1. The molecule has 2 aromatic rings. The van der Waals surface area contributed by atoms with Crippen LogP contribution in [0.5, 0.6) is 5.75 Å². The minimum Gasteiger partial charge on any atom is -0.492 e. The van der Waals surface area contributed by atoms with Gasteiger partial charge in [0.2, 0.25) is 0 Å². The minimum absolute atomic E-state index is 0.179. The third kappa shape index (κ3) is 6.87. The monoisotopic (exact) mass is 388 g/mol. The summed E-state index contributed by atoms with van der Waals surface area (Å²) < 4.78 is 24.8. The molecule has 0 radical (unpaired) electrons. The number of aliphatic hydroxyl groups is 1. The number of hydrogen-bond acceptors (Lipinski definition) is 5. The van der Waals surface area contributed by atoms with Crippen molar-refractivity contribution in [3.8, 4) is 5.75 Å². The van der Waals surface area contributed by atoms with Crippen LogP contribution in [0.1, 0.15) is 5.56 Å². The lowest BCUT2D eigenvalue weighted by atomic mass is 10.2. The van der Waals surface area contributed by atoms with E-state index in [0.717, 1.165) is 38.5 Å². The first kappa shape index (κ1) is 20.7. The highest BCUT2D eigenvalue weighted by atomic mass is 19.1. The number of nitrogens with zero attached hydrogens (tertiary/aromatic N) is 2. The first-order chi connectivity index (χ1) is 13.7. The molecule has 0 amide bonds. The predicted octanol–water partition coefficient (Wildman–Crippen LogP) is 2.40. The molecule has 1 fully saturated rings. The zero-order valence-corrected chi connectivity index (χ0v) is 16.2. The predicted molar refractivity (Wildman–Crippen MR) is 107 cm³/mol. The van der Waals surface area contributed by atoms with Crippen LogP contribution < -0.4 is 4.74 Å². The summed E-state index contributed by atoms with van der Waals surface area (Å²) in [5.74, 6) is 0.629. The number of rotatable bonds is 10. The molecule has 6 heteroatoms. The van der Waals surface area contributed by atoms with Gasteiger partial charge in [0, 0.05) is 44.8 Å². The Morgan fingerprint density at radius 3 is 2.36 bits per heavy atom. The van der Waals surface area contributed by atoms with Gasteiger partial charge in [-0.15, -0.1) is 0 Å². The fourth-order valence-electron chi connectivity index (χ4n) is 3.28. The van der Waals surface area contributed by atoms with Gasteiger partial charge in [-0.25, -0.2) is 4.39 Å². The van der Waals surface area contributed by atoms with Crippen LogP contribution in [0.4, 0.5) is 4.39 Å². The van der Waals surface area contributed by atoms with Gasteiger partial charge in [-0.2, -0.15) is 0 Å². The third-order valence-electron chi connectivity index (χ3n) is 4.88.